The molecule has 0 saturated heterocycles. The zero-order valence-corrected chi connectivity index (χ0v) is 8.22. The highest BCUT2D eigenvalue weighted by Gasteiger charge is 2.20. The van der Waals surface area contributed by atoms with E-state index in [4.69, 9.17) is 0 Å². The summed E-state index contributed by atoms with van der Waals surface area (Å²) in [5.41, 5.74) is 1.36. The number of halogens is 1. The molecule has 0 spiro atoms. The topological polar surface area (TPSA) is 34.1 Å². The molecule has 4 heteroatoms. The molecule has 1 aliphatic rings. The Kier molecular flexibility index (Phi) is 2.15. The molecular formula is C10H9FO2S. The van der Waals surface area contributed by atoms with Crippen LogP contribution in [0.15, 0.2) is 30.3 Å². The highest BCUT2D eigenvalue weighted by Crippen LogP contribution is 2.22. The van der Waals surface area contributed by atoms with Crippen molar-refractivity contribution in [3.05, 3.63) is 41.7 Å². The summed E-state index contributed by atoms with van der Waals surface area (Å²) < 4.78 is 35.1. The average molecular weight is 212 g/mol. The van der Waals surface area contributed by atoms with Crippen molar-refractivity contribution in [2.75, 3.05) is 11.5 Å². The largest absolute Gasteiger partial charge is 0.228 e. The highest BCUT2D eigenvalue weighted by atomic mass is 32.2. The maximum Gasteiger partial charge on any atom is 0.158 e. The molecule has 74 valence electrons. The Bertz CT molecular complexity index is 489. The molecule has 0 aromatic heterocycles. The number of rotatable bonds is 1. The number of benzene rings is 1. The van der Waals surface area contributed by atoms with E-state index in [0.717, 1.165) is 0 Å². The molecule has 0 radical (unpaired) electrons. The van der Waals surface area contributed by atoms with Crippen LogP contribution in [-0.2, 0) is 9.84 Å². The van der Waals surface area contributed by atoms with Gasteiger partial charge in [0.25, 0.3) is 0 Å². The minimum atomic E-state index is -2.97. The van der Waals surface area contributed by atoms with Crippen molar-refractivity contribution in [1.82, 2.24) is 0 Å². The van der Waals surface area contributed by atoms with Crippen LogP contribution in [-0.4, -0.2) is 19.9 Å². The van der Waals surface area contributed by atoms with Gasteiger partial charge in [-0.15, -0.1) is 0 Å². The van der Waals surface area contributed by atoms with Crippen LogP contribution in [0.1, 0.15) is 5.56 Å². The fraction of sp³-hybridized carbons (Fsp3) is 0.200. The summed E-state index contributed by atoms with van der Waals surface area (Å²) in [6.07, 6.45) is 1.64. The van der Waals surface area contributed by atoms with Gasteiger partial charge in [-0.05, 0) is 23.3 Å². The molecule has 2 rings (SSSR count). The molecule has 0 atom stereocenters. The molecule has 0 bridgehead atoms. The molecule has 0 unspecified atom stereocenters. The lowest BCUT2D eigenvalue weighted by Crippen LogP contribution is -2.02. The van der Waals surface area contributed by atoms with E-state index in [-0.39, 0.29) is 17.3 Å². The molecule has 0 aliphatic carbocycles. The summed E-state index contributed by atoms with van der Waals surface area (Å²) in [6, 6.07) is 5.99. The van der Waals surface area contributed by atoms with Crippen molar-refractivity contribution in [3.63, 3.8) is 0 Å². The smallest absolute Gasteiger partial charge is 0.158 e. The van der Waals surface area contributed by atoms with Crippen LogP contribution in [0.3, 0.4) is 0 Å². The second-order valence-electron chi connectivity index (χ2n) is 3.29. The Morgan fingerprint density at radius 1 is 1.29 bits per heavy atom. The van der Waals surface area contributed by atoms with E-state index in [1.807, 2.05) is 0 Å². The monoisotopic (exact) mass is 212 g/mol. The first kappa shape index (κ1) is 9.40. The van der Waals surface area contributed by atoms with Crippen molar-refractivity contribution in [2.24, 2.45) is 0 Å². The normalized spacial score (nSPS) is 19.4. The van der Waals surface area contributed by atoms with Crippen LogP contribution in [0.4, 0.5) is 4.39 Å². The lowest BCUT2D eigenvalue weighted by atomic mass is 10.1. The zero-order valence-electron chi connectivity index (χ0n) is 7.40. The van der Waals surface area contributed by atoms with E-state index in [0.29, 0.717) is 11.1 Å². The molecule has 0 amide bonds. The molecule has 1 aliphatic heterocycles. The summed E-state index contributed by atoms with van der Waals surface area (Å²) >= 11 is 0. The van der Waals surface area contributed by atoms with E-state index in [1.165, 1.54) is 12.1 Å². The maximum absolute atomic E-state index is 12.8. The molecule has 0 N–H and O–H groups in total. The Morgan fingerprint density at radius 3 is 2.64 bits per heavy atom. The molecule has 1 aromatic carbocycles. The van der Waals surface area contributed by atoms with Gasteiger partial charge in [-0.25, -0.2) is 12.8 Å². The van der Waals surface area contributed by atoms with Crippen LogP contribution >= 0.6 is 0 Å². The fourth-order valence-corrected chi connectivity index (χ4v) is 2.80. The molecule has 14 heavy (non-hydrogen) atoms. The van der Waals surface area contributed by atoms with Gasteiger partial charge in [0.1, 0.15) is 5.82 Å². The van der Waals surface area contributed by atoms with Crippen LogP contribution in [0.2, 0.25) is 0 Å². The number of hydrogen-bond donors (Lipinski definition) is 0. The number of sulfone groups is 1. The van der Waals surface area contributed by atoms with Gasteiger partial charge in [-0.1, -0.05) is 18.2 Å². The van der Waals surface area contributed by atoms with Gasteiger partial charge in [0.15, 0.2) is 9.84 Å². The van der Waals surface area contributed by atoms with Crippen molar-refractivity contribution in [2.45, 2.75) is 0 Å². The van der Waals surface area contributed by atoms with Gasteiger partial charge in [0, 0.05) is 0 Å². The Balaban J connectivity index is 2.35. The Labute approximate surface area is 82.0 Å². The van der Waals surface area contributed by atoms with E-state index in [2.05, 4.69) is 0 Å². The second-order valence-corrected chi connectivity index (χ2v) is 5.40. The molecule has 1 heterocycles. The first-order valence-corrected chi connectivity index (χ1v) is 6.04. The summed E-state index contributed by atoms with van der Waals surface area (Å²) in [7, 11) is -2.97. The quantitative estimate of drug-likeness (QED) is 0.709. The minimum absolute atomic E-state index is 0.0243. The standard InChI is InChI=1S/C10H9FO2S/c11-10-3-1-2-8(6-10)9-4-5-14(12,13)7-9/h1-4,6H,5,7H2. The van der Waals surface area contributed by atoms with Crippen LogP contribution in [0, 0.1) is 5.82 Å². The number of hydrogen-bond acceptors (Lipinski definition) is 2. The van der Waals surface area contributed by atoms with Gasteiger partial charge >= 0.3 is 0 Å². The van der Waals surface area contributed by atoms with Gasteiger partial charge in [-0.2, -0.15) is 0 Å². The predicted molar refractivity (Wildman–Crippen MR) is 53.0 cm³/mol. The average Bonchev–Trinajstić information content (AvgIpc) is 2.46. The lowest BCUT2D eigenvalue weighted by molar-refractivity contribution is 0.603. The minimum Gasteiger partial charge on any atom is -0.228 e. The molecule has 0 saturated carbocycles. The maximum atomic E-state index is 12.8. The van der Waals surface area contributed by atoms with E-state index in [9.17, 15) is 12.8 Å². The molecule has 0 fully saturated rings. The highest BCUT2D eigenvalue weighted by molar-refractivity contribution is 7.92. The fourth-order valence-electron chi connectivity index (χ4n) is 1.47. The van der Waals surface area contributed by atoms with E-state index < -0.39 is 9.84 Å². The van der Waals surface area contributed by atoms with E-state index in [1.54, 1.807) is 18.2 Å². The Morgan fingerprint density at radius 2 is 2.07 bits per heavy atom. The van der Waals surface area contributed by atoms with Crippen LogP contribution < -0.4 is 0 Å². The van der Waals surface area contributed by atoms with E-state index >= 15 is 0 Å². The summed E-state index contributed by atoms with van der Waals surface area (Å²) in [6.45, 7) is 0. The summed E-state index contributed by atoms with van der Waals surface area (Å²) in [5.74, 6) is -0.248. The van der Waals surface area contributed by atoms with Gasteiger partial charge in [-0.3, -0.25) is 0 Å². The first-order chi connectivity index (χ1) is 6.57. The third-order valence-electron chi connectivity index (χ3n) is 2.15. The van der Waals surface area contributed by atoms with Crippen molar-refractivity contribution in [3.8, 4) is 0 Å². The van der Waals surface area contributed by atoms with Crippen molar-refractivity contribution < 1.29 is 12.8 Å². The van der Waals surface area contributed by atoms with Crippen molar-refractivity contribution in [1.29, 1.82) is 0 Å². The zero-order chi connectivity index (χ0) is 10.2. The van der Waals surface area contributed by atoms with Crippen LogP contribution in [0.5, 0.6) is 0 Å². The second kappa shape index (κ2) is 3.20. The molecule has 2 nitrogen and oxygen atoms in total. The van der Waals surface area contributed by atoms with Gasteiger partial charge < -0.3 is 0 Å². The van der Waals surface area contributed by atoms with Crippen molar-refractivity contribution >= 4 is 15.4 Å². The Hall–Kier alpha value is -1.16. The lowest BCUT2D eigenvalue weighted by Gasteiger charge is -2.00. The first-order valence-electron chi connectivity index (χ1n) is 4.22. The SMILES string of the molecule is O=S1(=O)CC=C(c2cccc(F)c2)C1. The third kappa shape index (κ3) is 1.85. The molecular weight excluding hydrogens is 203 g/mol. The van der Waals surface area contributed by atoms with Gasteiger partial charge in [0.05, 0.1) is 11.5 Å². The third-order valence-corrected chi connectivity index (χ3v) is 3.58. The van der Waals surface area contributed by atoms with Crippen LogP contribution in [0.25, 0.3) is 5.57 Å². The van der Waals surface area contributed by atoms with Gasteiger partial charge in [0.2, 0.25) is 0 Å². The molecule has 1 aromatic rings. The predicted octanol–water partition coefficient (Wildman–Crippen LogP) is 1.64. The summed E-state index contributed by atoms with van der Waals surface area (Å²) in [5, 5.41) is 0. The summed E-state index contributed by atoms with van der Waals surface area (Å²) in [4.78, 5) is 0.